The Hall–Kier alpha value is -0.680. The van der Waals surface area contributed by atoms with Gasteiger partial charge >= 0.3 is 6.18 Å². The minimum Gasteiger partial charge on any atom is -0.397 e. The number of nitrogens with zero attached hydrogens (tertiary/aromatic N) is 1. The molecule has 1 rings (SSSR count). The molecule has 2 nitrogen and oxygen atoms in total. The van der Waals surface area contributed by atoms with E-state index >= 15 is 0 Å². The minimum absolute atomic E-state index is 0.0314. The minimum atomic E-state index is -4.59. The van der Waals surface area contributed by atoms with Crippen LogP contribution in [-0.4, -0.2) is 0 Å². The van der Waals surface area contributed by atoms with Crippen LogP contribution in [0.3, 0.4) is 0 Å². The van der Waals surface area contributed by atoms with Crippen molar-refractivity contribution in [3.8, 4) is 6.07 Å². The number of rotatable bonds is 0. The highest BCUT2D eigenvalue weighted by molar-refractivity contribution is 14.1. The van der Waals surface area contributed by atoms with Gasteiger partial charge in [-0.1, -0.05) is 11.6 Å². The number of alkyl halides is 3. The molecule has 0 unspecified atom stereocenters. The highest BCUT2D eigenvalue weighted by atomic mass is 127. The van der Waals surface area contributed by atoms with E-state index in [0.717, 1.165) is 0 Å². The smallest absolute Gasteiger partial charge is 0.397 e. The Kier molecular flexibility index (Phi) is 3.35. The van der Waals surface area contributed by atoms with Crippen molar-refractivity contribution in [3.63, 3.8) is 0 Å². The molecular formula is C8H3ClF3IN2. The summed E-state index contributed by atoms with van der Waals surface area (Å²) in [5.74, 6) is 0. The van der Waals surface area contributed by atoms with Crippen LogP contribution in [0, 0.1) is 14.9 Å². The van der Waals surface area contributed by atoms with Gasteiger partial charge in [0, 0.05) is 0 Å². The van der Waals surface area contributed by atoms with Gasteiger partial charge in [0.1, 0.15) is 6.07 Å². The molecule has 0 radical (unpaired) electrons. The monoisotopic (exact) mass is 346 g/mol. The van der Waals surface area contributed by atoms with Crippen molar-refractivity contribution < 1.29 is 13.2 Å². The van der Waals surface area contributed by atoms with Gasteiger partial charge in [0.15, 0.2) is 0 Å². The van der Waals surface area contributed by atoms with Gasteiger partial charge in [-0.25, -0.2) is 0 Å². The summed E-state index contributed by atoms with van der Waals surface area (Å²) < 4.78 is 37.4. The lowest BCUT2D eigenvalue weighted by atomic mass is 10.1. The Balaban J connectivity index is 3.58. The van der Waals surface area contributed by atoms with Crippen LogP contribution in [0.1, 0.15) is 11.1 Å². The molecule has 0 fully saturated rings. The average molecular weight is 346 g/mol. The summed E-state index contributed by atoms with van der Waals surface area (Å²) in [6.07, 6.45) is -4.59. The molecule has 0 amide bonds. The third-order valence-corrected chi connectivity index (χ3v) is 3.50. The third kappa shape index (κ3) is 2.29. The van der Waals surface area contributed by atoms with E-state index in [9.17, 15) is 13.2 Å². The fourth-order valence-electron chi connectivity index (χ4n) is 0.939. The predicted octanol–water partition coefficient (Wildman–Crippen LogP) is 3.42. The quantitative estimate of drug-likeness (QED) is 0.578. The number of benzene rings is 1. The maximum atomic E-state index is 12.4. The number of nitrogen functional groups attached to an aromatic ring is 1. The SMILES string of the molecule is N#Cc1cc(C(F)(F)F)c(Cl)c(I)c1N. The first kappa shape index (κ1) is 12.4. The van der Waals surface area contributed by atoms with Gasteiger partial charge in [-0.2, -0.15) is 18.4 Å². The van der Waals surface area contributed by atoms with E-state index in [1.807, 2.05) is 0 Å². The van der Waals surface area contributed by atoms with Crippen LogP contribution in [0.25, 0.3) is 0 Å². The van der Waals surface area contributed by atoms with Gasteiger partial charge in [-0.3, -0.25) is 0 Å². The lowest BCUT2D eigenvalue weighted by Crippen LogP contribution is -2.09. The molecule has 0 aliphatic carbocycles. The summed E-state index contributed by atoms with van der Waals surface area (Å²) in [5, 5.41) is 8.11. The second-order valence-corrected chi connectivity index (χ2v) is 4.08. The number of halogens is 5. The Morgan fingerprint density at radius 1 is 1.47 bits per heavy atom. The van der Waals surface area contributed by atoms with Gasteiger partial charge in [0.2, 0.25) is 0 Å². The normalized spacial score (nSPS) is 11.2. The van der Waals surface area contributed by atoms with Crippen molar-refractivity contribution in [1.29, 1.82) is 5.26 Å². The standard InChI is InChI=1S/C8H3ClF3IN2/c9-5-4(8(10,11)12)1-3(2-14)7(15)6(5)13/h1H,15H2. The number of nitriles is 1. The van der Waals surface area contributed by atoms with E-state index in [1.165, 1.54) is 0 Å². The van der Waals surface area contributed by atoms with Gasteiger partial charge in [0.05, 0.1) is 25.4 Å². The van der Waals surface area contributed by atoms with Gasteiger partial charge in [0.25, 0.3) is 0 Å². The molecule has 0 bridgehead atoms. The Morgan fingerprint density at radius 2 is 2.00 bits per heavy atom. The van der Waals surface area contributed by atoms with Crippen molar-refractivity contribution in [2.45, 2.75) is 6.18 Å². The first-order valence-electron chi connectivity index (χ1n) is 3.53. The number of hydrogen-bond acceptors (Lipinski definition) is 2. The van der Waals surface area contributed by atoms with Gasteiger partial charge in [-0.05, 0) is 28.7 Å². The van der Waals surface area contributed by atoms with Crippen LogP contribution in [0.15, 0.2) is 6.07 Å². The Labute approximate surface area is 102 Å². The lowest BCUT2D eigenvalue weighted by Gasteiger charge is -2.12. The summed E-state index contributed by atoms with van der Waals surface area (Å²) in [7, 11) is 0. The molecule has 7 heteroatoms. The van der Waals surface area contributed by atoms with Crippen molar-refractivity contribution in [2.75, 3.05) is 5.73 Å². The largest absolute Gasteiger partial charge is 0.417 e. The average Bonchev–Trinajstić information content (AvgIpc) is 2.13. The number of nitrogens with two attached hydrogens (primary N) is 1. The highest BCUT2D eigenvalue weighted by Gasteiger charge is 2.35. The zero-order chi connectivity index (χ0) is 11.8. The highest BCUT2D eigenvalue weighted by Crippen LogP contribution is 2.40. The van der Waals surface area contributed by atoms with E-state index in [-0.39, 0.29) is 14.8 Å². The zero-order valence-corrected chi connectivity index (χ0v) is 9.91. The fourth-order valence-corrected chi connectivity index (χ4v) is 1.78. The van der Waals surface area contributed by atoms with Crippen LogP contribution in [0.2, 0.25) is 5.02 Å². The molecule has 2 N–H and O–H groups in total. The molecule has 80 valence electrons. The number of anilines is 1. The molecule has 0 aromatic heterocycles. The molecule has 1 aromatic carbocycles. The molecule has 0 saturated heterocycles. The summed E-state index contributed by atoms with van der Waals surface area (Å²) in [4.78, 5) is 0. The van der Waals surface area contributed by atoms with Crippen LogP contribution in [0.4, 0.5) is 18.9 Å². The van der Waals surface area contributed by atoms with Crippen LogP contribution < -0.4 is 5.73 Å². The molecule has 0 aliphatic rings. The second-order valence-electron chi connectivity index (χ2n) is 2.62. The Morgan fingerprint density at radius 3 is 2.40 bits per heavy atom. The molecular weight excluding hydrogens is 343 g/mol. The first-order valence-corrected chi connectivity index (χ1v) is 4.99. The zero-order valence-electron chi connectivity index (χ0n) is 6.99. The Bertz CT molecular complexity index is 451. The third-order valence-electron chi connectivity index (χ3n) is 1.67. The van der Waals surface area contributed by atoms with Crippen molar-refractivity contribution in [3.05, 3.63) is 25.8 Å². The van der Waals surface area contributed by atoms with Crippen LogP contribution >= 0.6 is 34.2 Å². The molecule has 0 aliphatic heterocycles. The number of hydrogen-bond donors (Lipinski definition) is 1. The van der Waals surface area contributed by atoms with E-state index < -0.39 is 16.8 Å². The van der Waals surface area contributed by atoms with Gasteiger partial charge < -0.3 is 5.73 Å². The molecule has 0 spiro atoms. The van der Waals surface area contributed by atoms with E-state index in [4.69, 9.17) is 22.6 Å². The fraction of sp³-hybridized carbons (Fsp3) is 0.125. The summed E-state index contributed by atoms with van der Waals surface area (Å²) in [6.45, 7) is 0. The summed E-state index contributed by atoms with van der Waals surface area (Å²) >= 11 is 7.07. The van der Waals surface area contributed by atoms with Crippen molar-refractivity contribution >= 4 is 39.9 Å². The van der Waals surface area contributed by atoms with Crippen molar-refractivity contribution in [1.82, 2.24) is 0 Å². The predicted molar refractivity (Wildman–Crippen MR) is 58.3 cm³/mol. The molecule has 0 saturated carbocycles. The summed E-state index contributed by atoms with van der Waals surface area (Å²) in [6, 6.07) is 2.24. The van der Waals surface area contributed by atoms with Gasteiger partial charge in [-0.15, -0.1) is 0 Å². The van der Waals surface area contributed by atoms with Crippen LogP contribution in [-0.2, 0) is 6.18 Å². The van der Waals surface area contributed by atoms with Crippen LogP contribution in [0.5, 0.6) is 0 Å². The topological polar surface area (TPSA) is 49.8 Å². The lowest BCUT2D eigenvalue weighted by molar-refractivity contribution is -0.137. The molecule has 1 aromatic rings. The first-order chi connectivity index (χ1) is 6.79. The second kappa shape index (κ2) is 4.06. The molecule has 15 heavy (non-hydrogen) atoms. The maximum Gasteiger partial charge on any atom is 0.417 e. The van der Waals surface area contributed by atoms with E-state index in [1.54, 1.807) is 28.7 Å². The van der Waals surface area contributed by atoms with E-state index in [2.05, 4.69) is 0 Å². The maximum absolute atomic E-state index is 12.4. The summed E-state index contributed by atoms with van der Waals surface area (Å²) in [5.41, 5.74) is 4.12. The molecule has 0 heterocycles. The molecule has 0 atom stereocenters. The van der Waals surface area contributed by atoms with E-state index in [0.29, 0.717) is 6.07 Å². The van der Waals surface area contributed by atoms with Crippen molar-refractivity contribution in [2.24, 2.45) is 0 Å².